The summed E-state index contributed by atoms with van der Waals surface area (Å²) in [5.41, 5.74) is 1.15. The summed E-state index contributed by atoms with van der Waals surface area (Å²) in [5.74, 6) is 0.601. The molecule has 0 saturated carbocycles. The molecule has 8 heteroatoms. The van der Waals surface area contributed by atoms with Crippen LogP contribution in [-0.4, -0.2) is 35.8 Å². The minimum Gasteiger partial charge on any atom is -0.369 e. The zero-order valence-electron chi connectivity index (χ0n) is 14.7. The van der Waals surface area contributed by atoms with Crippen LogP contribution in [0.25, 0.3) is 11.0 Å². The highest BCUT2D eigenvalue weighted by Crippen LogP contribution is 2.27. The zero-order valence-corrected chi connectivity index (χ0v) is 16.4. The van der Waals surface area contributed by atoms with E-state index >= 15 is 0 Å². The molecular formula is C16H24ClN5OSi. The van der Waals surface area contributed by atoms with Crippen LogP contribution in [0, 0.1) is 11.3 Å². The van der Waals surface area contributed by atoms with Gasteiger partial charge in [0.05, 0.1) is 10.9 Å². The lowest BCUT2D eigenvalue weighted by Gasteiger charge is -2.15. The van der Waals surface area contributed by atoms with Gasteiger partial charge in [-0.2, -0.15) is 10.2 Å². The van der Waals surface area contributed by atoms with Gasteiger partial charge in [0.25, 0.3) is 0 Å². The molecule has 0 aromatic carbocycles. The lowest BCUT2D eigenvalue weighted by molar-refractivity contribution is 0.0898. The third kappa shape index (κ3) is 4.69. The smallest absolute Gasteiger partial charge is 0.226 e. The van der Waals surface area contributed by atoms with Crippen LogP contribution in [-0.2, 0) is 11.5 Å². The van der Waals surface area contributed by atoms with E-state index in [0.29, 0.717) is 35.8 Å². The summed E-state index contributed by atoms with van der Waals surface area (Å²) in [7, 11) is -1.13. The Morgan fingerprint density at radius 3 is 2.75 bits per heavy atom. The highest BCUT2D eigenvalue weighted by atomic mass is 35.5. The molecule has 0 atom stereocenters. The molecular weight excluding hydrogens is 342 g/mol. The summed E-state index contributed by atoms with van der Waals surface area (Å²) in [6.07, 6.45) is 2.70. The van der Waals surface area contributed by atoms with Gasteiger partial charge in [0.15, 0.2) is 0 Å². The number of ether oxygens (including phenoxy) is 1. The molecule has 0 amide bonds. The van der Waals surface area contributed by atoms with Crippen molar-refractivity contribution < 1.29 is 4.74 Å². The molecule has 0 spiro atoms. The second-order valence-corrected chi connectivity index (χ2v) is 12.9. The summed E-state index contributed by atoms with van der Waals surface area (Å²) in [4.78, 5) is 8.53. The number of hydrogen-bond donors (Lipinski definition) is 1. The first kappa shape index (κ1) is 18.7. The fourth-order valence-electron chi connectivity index (χ4n) is 2.26. The van der Waals surface area contributed by atoms with E-state index in [-0.39, 0.29) is 5.28 Å². The monoisotopic (exact) mass is 365 g/mol. The van der Waals surface area contributed by atoms with Gasteiger partial charge in [0.2, 0.25) is 5.28 Å². The molecule has 0 aliphatic heterocycles. The average Bonchev–Trinajstić information content (AvgIpc) is 2.86. The normalized spacial score (nSPS) is 11.7. The molecule has 0 aliphatic carbocycles. The summed E-state index contributed by atoms with van der Waals surface area (Å²) in [6, 6.07) is 3.30. The Hall–Kier alpha value is -1.62. The molecule has 0 fully saturated rings. The number of rotatable bonds is 8. The quantitative estimate of drug-likeness (QED) is 0.433. The van der Waals surface area contributed by atoms with E-state index < -0.39 is 8.07 Å². The second-order valence-electron chi connectivity index (χ2n) is 6.94. The summed E-state index contributed by atoms with van der Waals surface area (Å²) >= 11 is 6.05. The van der Waals surface area contributed by atoms with Gasteiger partial charge in [-0.3, -0.25) is 0 Å². The van der Waals surface area contributed by atoms with Gasteiger partial charge in [-0.05, 0) is 24.1 Å². The van der Waals surface area contributed by atoms with Crippen molar-refractivity contribution >= 4 is 36.5 Å². The van der Waals surface area contributed by atoms with Crippen molar-refractivity contribution in [1.29, 1.82) is 5.26 Å². The molecule has 0 unspecified atom stereocenters. The third-order valence-electron chi connectivity index (χ3n) is 3.58. The van der Waals surface area contributed by atoms with E-state index in [1.165, 1.54) is 0 Å². The third-order valence-corrected chi connectivity index (χ3v) is 5.45. The van der Waals surface area contributed by atoms with Crippen LogP contribution in [0.1, 0.15) is 18.9 Å². The fourth-order valence-corrected chi connectivity index (χ4v) is 3.18. The number of hydrogen-bond acceptors (Lipinski definition) is 5. The molecule has 24 heavy (non-hydrogen) atoms. The largest absolute Gasteiger partial charge is 0.369 e. The first-order chi connectivity index (χ1) is 11.4. The van der Waals surface area contributed by atoms with E-state index in [1.807, 2.05) is 4.57 Å². The molecule has 2 aromatic rings. The first-order valence-corrected chi connectivity index (χ1v) is 12.2. The van der Waals surface area contributed by atoms with Crippen molar-refractivity contribution in [3.63, 3.8) is 0 Å². The van der Waals surface area contributed by atoms with Crippen LogP contribution in [0.5, 0.6) is 0 Å². The average molecular weight is 366 g/mol. The molecule has 0 radical (unpaired) electrons. The van der Waals surface area contributed by atoms with Gasteiger partial charge in [0, 0.05) is 27.4 Å². The molecule has 1 N–H and O–H groups in total. The second kappa shape index (κ2) is 7.97. The van der Waals surface area contributed by atoms with Gasteiger partial charge in [-0.1, -0.05) is 26.6 Å². The Balaban J connectivity index is 2.28. The van der Waals surface area contributed by atoms with Crippen molar-refractivity contribution in [2.45, 2.75) is 45.8 Å². The maximum Gasteiger partial charge on any atom is 0.226 e. The van der Waals surface area contributed by atoms with Crippen LogP contribution >= 0.6 is 11.6 Å². The number of aromatic nitrogens is 3. The highest BCUT2D eigenvalue weighted by Gasteiger charge is 2.17. The van der Waals surface area contributed by atoms with E-state index in [2.05, 4.69) is 47.9 Å². The lowest BCUT2D eigenvalue weighted by atomic mass is 10.2. The van der Waals surface area contributed by atoms with Gasteiger partial charge in [-0.25, -0.2) is 4.98 Å². The van der Waals surface area contributed by atoms with E-state index in [0.717, 1.165) is 19.0 Å². The molecule has 0 bridgehead atoms. The number of nitrogens with zero attached hydrogens (tertiary/aromatic N) is 4. The minimum absolute atomic E-state index is 0.159. The van der Waals surface area contributed by atoms with Crippen LogP contribution in [0.2, 0.25) is 31.0 Å². The van der Waals surface area contributed by atoms with Crippen LogP contribution in [0.15, 0.2) is 6.20 Å². The maximum absolute atomic E-state index is 9.43. The van der Waals surface area contributed by atoms with Gasteiger partial charge < -0.3 is 14.6 Å². The Morgan fingerprint density at radius 2 is 2.12 bits per heavy atom. The molecule has 2 aromatic heterocycles. The number of nitriles is 1. The maximum atomic E-state index is 9.43. The van der Waals surface area contributed by atoms with Gasteiger partial charge in [-0.15, -0.1) is 0 Å². The molecule has 0 saturated heterocycles. The van der Waals surface area contributed by atoms with E-state index in [1.54, 1.807) is 6.20 Å². The van der Waals surface area contributed by atoms with Crippen LogP contribution in [0.4, 0.5) is 5.82 Å². The highest BCUT2D eigenvalue weighted by molar-refractivity contribution is 6.76. The summed E-state index contributed by atoms with van der Waals surface area (Å²) in [5, 5.41) is 13.5. The molecule has 6 nitrogen and oxygen atoms in total. The molecule has 2 rings (SSSR count). The molecule has 0 aliphatic rings. The Labute approximate surface area is 148 Å². The topological polar surface area (TPSA) is 75.8 Å². The van der Waals surface area contributed by atoms with Crippen molar-refractivity contribution in [2.24, 2.45) is 0 Å². The summed E-state index contributed by atoms with van der Waals surface area (Å²) in [6.45, 7) is 10.8. The van der Waals surface area contributed by atoms with Crippen molar-refractivity contribution in [1.82, 2.24) is 14.5 Å². The number of fused-ring (bicyclic) bond motifs is 1. The summed E-state index contributed by atoms with van der Waals surface area (Å²) < 4.78 is 7.61. The van der Waals surface area contributed by atoms with Crippen LogP contribution < -0.4 is 5.32 Å². The molecule has 130 valence electrons. The van der Waals surface area contributed by atoms with E-state index in [4.69, 9.17) is 16.3 Å². The van der Waals surface area contributed by atoms with Gasteiger partial charge >= 0.3 is 0 Å². The first-order valence-electron chi connectivity index (χ1n) is 8.14. The molecule has 2 heterocycles. The predicted octanol–water partition coefficient (Wildman–Crippen LogP) is 4.09. The number of halogens is 1. The minimum atomic E-state index is -1.13. The Kier molecular flexibility index (Phi) is 6.21. The number of anilines is 1. The van der Waals surface area contributed by atoms with Crippen molar-refractivity contribution in [3.05, 3.63) is 17.0 Å². The van der Waals surface area contributed by atoms with Crippen molar-refractivity contribution in [3.8, 4) is 6.07 Å². The van der Waals surface area contributed by atoms with Gasteiger partial charge in [0.1, 0.15) is 24.3 Å². The van der Waals surface area contributed by atoms with Crippen molar-refractivity contribution in [2.75, 3.05) is 18.5 Å². The SMILES string of the molecule is CCCNc1nc(Cl)nc2c1c(C#N)cn2COCC[Si](C)(C)C. The predicted molar refractivity (Wildman–Crippen MR) is 100 cm³/mol. The Morgan fingerprint density at radius 1 is 1.38 bits per heavy atom. The Bertz CT molecular complexity index is 747. The lowest BCUT2D eigenvalue weighted by Crippen LogP contribution is -2.22. The fraction of sp³-hybridized carbons (Fsp3) is 0.562. The number of nitrogens with one attached hydrogen (secondary N) is 1. The zero-order chi connectivity index (χ0) is 17.7. The van der Waals surface area contributed by atoms with Crippen LogP contribution in [0.3, 0.4) is 0 Å². The standard InChI is InChI=1S/C16H24ClN5OSi/c1-5-6-19-14-13-12(9-18)10-22(15(13)21-16(17)20-14)11-23-7-8-24(2,3)4/h10H,5-8,11H2,1-4H3,(H,19,20,21). The van der Waals surface area contributed by atoms with E-state index in [9.17, 15) is 5.26 Å².